The fourth-order valence-corrected chi connectivity index (χ4v) is 2.53. The van der Waals surface area contributed by atoms with Crippen molar-refractivity contribution in [2.24, 2.45) is 0 Å². The minimum Gasteiger partial charge on any atom is -0.478 e. The third-order valence-corrected chi connectivity index (χ3v) is 4.24. The molecule has 158 valence electrons. The quantitative estimate of drug-likeness (QED) is 0.219. The third kappa shape index (κ3) is 22.3. The number of hydrogen-bond acceptors (Lipinski definition) is 4. The second-order valence-electron chi connectivity index (χ2n) is 6.64. The van der Waals surface area contributed by atoms with Gasteiger partial charge in [0, 0.05) is 12.7 Å². The summed E-state index contributed by atoms with van der Waals surface area (Å²) in [5.74, 6) is -2.09. The predicted molar refractivity (Wildman–Crippen MR) is 108 cm³/mol. The summed E-state index contributed by atoms with van der Waals surface area (Å²) in [6.07, 6.45) is 14.5. The number of carboxylic acids is 2. The number of aliphatic hydroxyl groups is 2. The van der Waals surface area contributed by atoms with E-state index in [4.69, 9.17) is 15.3 Å². The molecule has 0 spiro atoms. The zero-order valence-corrected chi connectivity index (χ0v) is 16.6. The van der Waals surface area contributed by atoms with Crippen LogP contribution >= 0.6 is 0 Å². The van der Waals surface area contributed by atoms with E-state index in [0.717, 1.165) is 38.2 Å². The number of hydrogen-bond donors (Lipinski definition) is 4. The fourth-order valence-electron chi connectivity index (χ4n) is 2.53. The largest absolute Gasteiger partial charge is 0.478 e. The van der Waals surface area contributed by atoms with Crippen LogP contribution in [0.15, 0.2) is 24.8 Å². The molecule has 27 heavy (non-hydrogen) atoms. The van der Waals surface area contributed by atoms with Crippen molar-refractivity contribution >= 4 is 11.9 Å². The van der Waals surface area contributed by atoms with Crippen LogP contribution in [0.25, 0.3) is 0 Å². The molecule has 6 nitrogen and oxygen atoms in total. The lowest BCUT2D eigenvalue weighted by Crippen LogP contribution is -2.16. The number of aliphatic carboxylic acids is 2. The lowest BCUT2D eigenvalue weighted by Gasteiger charge is -2.09. The molecule has 0 aliphatic heterocycles. The molecule has 6 heteroatoms. The van der Waals surface area contributed by atoms with E-state index in [2.05, 4.69) is 13.2 Å². The summed E-state index contributed by atoms with van der Waals surface area (Å²) in [4.78, 5) is 19.9. The van der Waals surface area contributed by atoms with Gasteiger partial charge in [0.05, 0.1) is 11.7 Å². The Morgan fingerprint density at radius 1 is 0.778 bits per heavy atom. The highest BCUT2D eigenvalue weighted by molar-refractivity contribution is 5.86. The molecule has 0 rings (SSSR count). The topological polar surface area (TPSA) is 115 Å². The van der Waals surface area contributed by atoms with Gasteiger partial charge in [-0.15, -0.1) is 0 Å². The van der Waals surface area contributed by atoms with Crippen molar-refractivity contribution in [3.63, 3.8) is 0 Å². The van der Waals surface area contributed by atoms with E-state index in [1.165, 1.54) is 44.9 Å². The Morgan fingerprint density at radius 2 is 1.11 bits per heavy atom. The Kier molecular flexibility index (Phi) is 21.1. The van der Waals surface area contributed by atoms with Crippen LogP contribution in [0.3, 0.4) is 0 Å². The molecule has 0 heterocycles. The SMILES string of the molecule is C=C(C(=O)O)C(O)CCCCCCCCCCCCCCO.C=CC(=O)O. The van der Waals surface area contributed by atoms with Gasteiger partial charge in [-0.2, -0.15) is 0 Å². The van der Waals surface area contributed by atoms with Crippen LogP contribution < -0.4 is 0 Å². The predicted octanol–water partition coefficient (Wildman–Crippen LogP) is 4.31. The first-order chi connectivity index (χ1) is 12.9. The summed E-state index contributed by atoms with van der Waals surface area (Å²) in [6, 6.07) is 0. The lowest BCUT2D eigenvalue weighted by atomic mass is 10.0. The van der Waals surface area contributed by atoms with E-state index < -0.39 is 18.0 Å². The summed E-state index contributed by atoms with van der Waals surface area (Å²) < 4.78 is 0. The highest BCUT2D eigenvalue weighted by Crippen LogP contribution is 2.14. The van der Waals surface area contributed by atoms with Gasteiger partial charge in [-0.25, -0.2) is 9.59 Å². The van der Waals surface area contributed by atoms with Gasteiger partial charge in [-0.3, -0.25) is 0 Å². The number of aliphatic hydroxyl groups excluding tert-OH is 2. The zero-order chi connectivity index (χ0) is 20.9. The van der Waals surface area contributed by atoms with Crippen LogP contribution in [0.1, 0.15) is 83.5 Å². The maximum atomic E-state index is 10.6. The molecule has 0 saturated carbocycles. The van der Waals surface area contributed by atoms with Crippen molar-refractivity contribution in [3.05, 3.63) is 24.8 Å². The molecule has 0 bridgehead atoms. The average molecular weight is 387 g/mol. The van der Waals surface area contributed by atoms with E-state index in [1.807, 2.05) is 0 Å². The second kappa shape index (κ2) is 20.6. The Balaban J connectivity index is 0. The van der Waals surface area contributed by atoms with Crippen molar-refractivity contribution in [1.29, 1.82) is 0 Å². The van der Waals surface area contributed by atoms with E-state index in [-0.39, 0.29) is 5.57 Å². The van der Waals surface area contributed by atoms with E-state index >= 15 is 0 Å². The first-order valence-corrected chi connectivity index (χ1v) is 9.93. The highest BCUT2D eigenvalue weighted by Gasteiger charge is 2.14. The maximum Gasteiger partial charge on any atom is 0.333 e. The maximum absolute atomic E-state index is 10.6. The van der Waals surface area contributed by atoms with Gasteiger partial charge in [0.15, 0.2) is 0 Å². The average Bonchev–Trinajstić information content (AvgIpc) is 2.64. The van der Waals surface area contributed by atoms with Crippen LogP contribution in [-0.4, -0.2) is 45.1 Å². The van der Waals surface area contributed by atoms with Crippen LogP contribution in [0.4, 0.5) is 0 Å². The second-order valence-corrected chi connectivity index (χ2v) is 6.64. The summed E-state index contributed by atoms with van der Waals surface area (Å²) in [7, 11) is 0. The number of carboxylic acid groups (broad SMARTS) is 2. The van der Waals surface area contributed by atoms with Gasteiger partial charge < -0.3 is 20.4 Å². The molecule has 0 aliphatic rings. The molecule has 0 amide bonds. The number of unbranched alkanes of at least 4 members (excludes halogenated alkanes) is 11. The minimum atomic E-state index is -1.11. The Morgan fingerprint density at radius 3 is 1.41 bits per heavy atom. The van der Waals surface area contributed by atoms with Crippen LogP contribution in [0.5, 0.6) is 0 Å². The van der Waals surface area contributed by atoms with Crippen molar-refractivity contribution < 1.29 is 30.0 Å². The van der Waals surface area contributed by atoms with E-state index in [0.29, 0.717) is 13.0 Å². The van der Waals surface area contributed by atoms with Crippen molar-refractivity contribution in [3.8, 4) is 0 Å². The molecule has 0 saturated heterocycles. The van der Waals surface area contributed by atoms with Crippen LogP contribution in [-0.2, 0) is 9.59 Å². The van der Waals surface area contributed by atoms with Gasteiger partial charge >= 0.3 is 11.9 Å². The molecular weight excluding hydrogens is 348 g/mol. The molecular formula is C21H38O6. The van der Waals surface area contributed by atoms with Crippen LogP contribution in [0.2, 0.25) is 0 Å². The lowest BCUT2D eigenvalue weighted by molar-refractivity contribution is -0.134. The van der Waals surface area contributed by atoms with E-state index in [9.17, 15) is 14.7 Å². The normalized spacial score (nSPS) is 11.2. The summed E-state index contributed by atoms with van der Waals surface area (Å²) >= 11 is 0. The van der Waals surface area contributed by atoms with Crippen molar-refractivity contribution in [2.45, 2.75) is 89.6 Å². The van der Waals surface area contributed by atoms with Gasteiger partial charge in [0.2, 0.25) is 0 Å². The summed E-state index contributed by atoms with van der Waals surface area (Å²) in [5, 5.41) is 34.5. The summed E-state index contributed by atoms with van der Waals surface area (Å²) in [6.45, 7) is 6.65. The zero-order valence-electron chi connectivity index (χ0n) is 16.6. The monoisotopic (exact) mass is 386 g/mol. The van der Waals surface area contributed by atoms with Crippen LogP contribution in [0, 0.1) is 0 Å². The molecule has 1 unspecified atom stereocenters. The summed E-state index contributed by atoms with van der Waals surface area (Å²) in [5.41, 5.74) is -0.0982. The molecule has 0 aromatic heterocycles. The Hall–Kier alpha value is -1.66. The van der Waals surface area contributed by atoms with Crippen molar-refractivity contribution in [2.75, 3.05) is 6.61 Å². The number of carbonyl (C=O) groups is 2. The highest BCUT2D eigenvalue weighted by atomic mass is 16.4. The Bertz CT molecular complexity index is 405. The third-order valence-electron chi connectivity index (χ3n) is 4.24. The molecule has 1 atom stereocenters. The van der Waals surface area contributed by atoms with Crippen molar-refractivity contribution in [1.82, 2.24) is 0 Å². The molecule has 4 N–H and O–H groups in total. The fraction of sp³-hybridized carbons (Fsp3) is 0.714. The minimum absolute atomic E-state index is 0.0982. The molecule has 0 radical (unpaired) electrons. The van der Waals surface area contributed by atoms with E-state index in [1.54, 1.807) is 0 Å². The standard InChI is InChI=1S/C18H34O4.C3H4O2/c1-16(18(21)22)17(20)14-12-10-8-6-4-2-3-5-7-9-11-13-15-19;1-2-3(4)5/h17,19-20H,1-15H2,(H,21,22);2H,1H2,(H,4,5). The molecule has 0 aliphatic carbocycles. The Labute approximate surface area is 163 Å². The number of rotatable bonds is 17. The molecule has 0 aromatic rings. The first kappa shape index (κ1) is 27.6. The smallest absolute Gasteiger partial charge is 0.333 e. The van der Waals surface area contributed by atoms with Gasteiger partial charge in [0.1, 0.15) is 0 Å². The molecule has 0 fully saturated rings. The van der Waals surface area contributed by atoms with Gasteiger partial charge in [-0.1, -0.05) is 83.8 Å². The van der Waals surface area contributed by atoms with Gasteiger partial charge in [0.25, 0.3) is 0 Å². The first-order valence-electron chi connectivity index (χ1n) is 9.93. The van der Waals surface area contributed by atoms with Gasteiger partial charge in [-0.05, 0) is 12.8 Å². The molecule has 0 aromatic carbocycles.